The highest BCUT2D eigenvalue weighted by Crippen LogP contribution is 2.52. The first kappa shape index (κ1) is 33.0. The molecule has 0 aliphatic heterocycles. The van der Waals surface area contributed by atoms with Crippen LogP contribution in [0.5, 0.6) is 0 Å². The molecule has 214 valence electrons. The van der Waals surface area contributed by atoms with Gasteiger partial charge in [-0.05, 0) is 65.2 Å². The van der Waals surface area contributed by atoms with Gasteiger partial charge in [0.05, 0.1) is 12.8 Å². The van der Waals surface area contributed by atoms with Gasteiger partial charge in [-0.2, -0.15) is 0 Å². The fraction of sp³-hybridized carbons (Fsp3) is 0.583. The van der Waals surface area contributed by atoms with E-state index in [1.54, 1.807) is 55.4 Å². The normalized spacial score (nSPS) is 15.7. The van der Waals surface area contributed by atoms with Gasteiger partial charge in [0.25, 0.3) is 0 Å². The number of esters is 1. The Bertz CT molecular complexity index is 1090. The van der Waals surface area contributed by atoms with Crippen LogP contribution in [0.2, 0.25) is 0 Å². The van der Waals surface area contributed by atoms with E-state index >= 15 is 0 Å². The van der Waals surface area contributed by atoms with Crippen LogP contribution in [0, 0.1) is 5.92 Å². The van der Waals surface area contributed by atoms with Crippen molar-refractivity contribution < 1.29 is 42.6 Å². The third-order valence-corrected chi connectivity index (χ3v) is 6.43. The number of carbonyl (C=O) groups is 3. The summed E-state index contributed by atoms with van der Waals surface area (Å²) in [6.45, 7) is 13.0. The van der Waals surface area contributed by atoms with E-state index in [0.29, 0.717) is 0 Å². The Morgan fingerprint density at radius 2 is 1.61 bits per heavy atom. The number of benzene rings is 1. The van der Waals surface area contributed by atoms with E-state index in [2.05, 4.69) is 4.99 Å². The van der Waals surface area contributed by atoms with Crippen molar-refractivity contribution in [2.75, 3.05) is 12.0 Å². The first-order valence-electron chi connectivity index (χ1n) is 11.7. The second kappa shape index (κ2) is 12.7. The molecule has 0 saturated carbocycles. The van der Waals surface area contributed by atoms with Crippen LogP contribution in [0.3, 0.4) is 0 Å². The maximum atomic E-state index is 13.1. The lowest BCUT2D eigenvalue weighted by molar-refractivity contribution is -0.149. The number of nitrogens with zero attached hydrogens (tertiary/aromatic N) is 2. The third kappa shape index (κ3) is 10.1. The molecule has 14 heteroatoms. The maximum absolute atomic E-state index is 13.1. The number of hydrogen-bond acceptors (Lipinski definition) is 9. The van der Waals surface area contributed by atoms with Gasteiger partial charge in [-0.1, -0.05) is 26.0 Å². The van der Waals surface area contributed by atoms with E-state index in [0.717, 1.165) is 12.0 Å². The number of carbonyl (C=O) groups excluding carboxylic acids is 3. The van der Waals surface area contributed by atoms with Gasteiger partial charge >= 0.3 is 25.8 Å². The van der Waals surface area contributed by atoms with Gasteiger partial charge < -0.3 is 30.6 Å². The highest BCUT2D eigenvalue weighted by atomic mass is 31.2. The summed E-state index contributed by atoms with van der Waals surface area (Å²) in [5, 5.41) is 0. The zero-order valence-electron chi connectivity index (χ0n) is 23.3. The molecular weight excluding hydrogens is 519 g/mol. The van der Waals surface area contributed by atoms with Crippen molar-refractivity contribution in [2.45, 2.75) is 78.5 Å². The Balaban J connectivity index is 3.62. The first-order chi connectivity index (χ1) is 17.2. The fourth-order valence-electron chi connectivity index (χ4n) is 2.84. The minimum Gasteiger partial charge on any atom is -0.467 e. The monoisotopic (exact) mass is 558 g/mol. The molecule has 13 nitrogen and oxygen atoms in total. The summed E-state index contributed by atoms with van der Waals surface area (Å²) in [4.78, 5) is 52.8. The second-order valence-corrected chi connectivity index (χ2v) is 12.6. The van der Waals surface area contributed by atoms with Crippen LogP contribution in [0.1, 0.15) is 67.1 Å². The molecule has 1 aromatic rings. The summed E-state index contributed by atoms with van der Waals surface area (Å²) in [7, 11) is -3.44. The molecule has 1 rings (SSSR count). The van der Waals surface area contributed by atoms with E-state index in [4.69, 9.17) is 30.2 Å². The summed E-state index contributed by atoms with van der Waals surface area (Å²) in [6.07, 6.45) is -3.74. The van der Waals surface area contributed by atoms with Crippen molar-refractivity contribution in [1.82, 2.24) is 0 Å². The Hall–Kier alpha value is -2.99. The van der Waals surface area contributed by atoms with Crippen molar-refractivity contribution in [3.8, 4) is 0 Å². The fourth-order valence-corrected chi connectivity index (χ4v) is 4.24. The minimum absolute atomic E-state index is 0.00000751. The predicted octanol–water partition coefficient (Wildman–Crippen LogP) is 4.03. The highest BCUT2D eigenvalue weighted by Gasteiger charge is 2.38. The Labute approximate surface area is 223 Å². The molecule has 0 saturated heterocycles. The van der Waals surface area contributed by atoms with Crippen LogP contribution in [-0.2, 0) is 28.1 Å². The van der Waals surface area contributed by atoms with Gasteiger partial charge in [0.15, 0.2) is 6.10 Å². The van der Waals surface area contributed by atoms with Gasteiger partial charge in [0.1, 0.15) is 17.0 Å². The van der Waals surface area contributed by atoms with Crippen LogP contribution in [0.25, 0.3) is 0 Å². The number of methoxy groups -OCH3 is 1. The average molecular weight is 559 g/mol. The highest BCUT2D eigenvalue weighted by molar-refractivity contribution is 7.53. The molecule has 2 amide bonds. The predicted molar refractivity (Wildman–Crippen MR) is 141 cm³/mol. The molecule has 1 aromatic carbocycles. The van der Waals surface area contributed by atoms with Crippen LogP contribution >= 0.6 is 7.60 Å². The standard InChI is InChI=1S/C24H39N4O9P/c1-14(2)18(25)38(32,33)37-17(19(29)34-9)15-11-10-12-16(13-15)28(22(31)36-24(6,7)8)20(26)27-21(30)35-23(3,4)5/h10-14,17-18H,25H2,1-9H3,(H,32,33)(H2,26,27,30)/t17?,18-/m1/s1. The number of anilines is 1. The molecule has 0 spiro atoms. The molecule has 2 unspecified atom stereocenters. The molecule has 3 atom stereocenters. The van der Waals surface area contributed by atoms with Crippen LogP contribution < -0.4 is 16.4 Å². The molecule has 0 aliphatic rings. The first-order valence-corrected chi connectivity index (χ1v) is 13.4. The molecule has 0 aliphatic carbocycles. The third-order valence-electron chi connectivity index (χ3n) is 4.57. The van der Waals surface area contributed by atoms with Crippen molar-refractivity contribution >= 4 is 37.4 Å². The molecule has 0 aromatic heterocycles. The summed E-state index contributed by atoms with van der Waals surface area (Å²) in [6, 6.07) is 5.51. The topological polar surface area (TPSA) is 193 Å². The van der Waals surface area contributed by atoms with Gasteiger partial charge in [-0.15, -0.1) is 4.99 Å². The van der Waals surface area contributed by atoms with Crippen molar-refractivity contribution in [1.29, 1.82) is 0 Å². The molecular formula is C24H39N4O9P. The second-order valence-electron chi connectivity index (χ2n) is 10.7. The van der Waals surface area contributed by atoms with Gasteiger partial charge in [-0.3, -0.25) is 9.09 Å². The quantitative estimate of drug-likeness (QED) is 0.144. The van der Waals surface area contributed by atoms with E-state index in [1.165, 1.54) is 24.3 Å². The number of amides is 2. The summed E-state index contributed by atoms with van der Waals surface area (Å²) < 4.78 is 33.4. The van der Waals surface area contributed by atoms with E-state index < -0.39 is 60.7 Å². The lowest BCUT2D eigenvalue weighted by Crippen LogP contribution is -2.45. The zero-order chi connectivity index (χ0) is 29.6. The van der Waals surface area contributed by atoms with Crippen LogP contribution in [-0.4, -0.2) is 53.1 Å². The summed E-state index contributed by atoms with van der Waals surface area (Å²) in [5.74, 6) is -3.31. The number of guanidine groups is 1. The van der Waals surface area contributed by atoms with Crippen LogP contribution in [0.4, 0.5) is 15.3 Å². The Kier molecular flexibility index (Phi) is 11.0. The van der Waals surface area contributed by atoms with Gasteiger partial charge in [-0.25, -0.2) is 19.3 Å². The number of rotatable bonds is 7. The minimum atomic E-state index is -4.51. The lowest BCUT2D eigenvalue weighted by Gasteiger charge is -2.28. The van der Waals surface area contributed by atoms with Crippen molar-refractivity contribution in [3.05, 3.63) is 29.8 Å². The number of ether oxygens (including phenoxy) is 3. The van der Waals surface area contributed by atoms with Crippen molar-refractivity contribution in [2.24, 2.45) is 22.4 Å². The average Bonchev–Trinajstić information content (AvgIpc) is 2.73. The van der Waals surface area contributed by atoms with Crippen molar-refractivity contribution in [3.63, 3.8) is 0 Å². The molecule has 5 N–H and O–H groups in total. The molecule has 0 heterocycles. The van der Waals surface area contributed by atoms with Gasteiger partial charge in [0.2, 0.25) is 5.96 Å². The smallest absolute Gasteiger partial charge is 0.437 e. The molecule has 0 radical (unpaired) electrons. The molecule has 0 fully saturated rings. The molecule has 38 heavy (non-hydrogen) atoms. The SMILES string of the molecule is COC(=O)C(OP(=O)(O)[C@@H](N)C(C)C)c1cccc(N(C(=O)OC(C)(C)C)C(N)=NC(=O)OC(C)(C)C)c1. The number of aliphatic imine (C=N–C) groups is 1. The Morgan fingerprint density at radius 1 is 1.05 bits per heavy atom. The zero-order valence-corrected chi connectivity index (χ0v) is 24.1. The van der Waals surface area contributed by atoms with E-state index in [9.17, 15) is 23.8 Å². The van der Waals surface area contributed by atoms with Gasteiger partial charge in [0, 0.05) is 0 Å². The van der Waals surface area contributed by atoms with E-state index in [-0.39, 0.29) is 11.3 Å². The number of nitrogens with two attached hydrogens (primary N) is 2. The summed E-state index contributed by atoms with van der Waals surface area (Å²) >= 11 is 0. The maximum Gasteiger partial charge on any atom is 0.437 e. The Morgan fingerprint density at radius 3 is 2.08 bits per heavy atom. The number of hydrogen-bond donors (Lipinski definition) is 3. The largest absolute Gasteiger partial charge is 0.467 e. The van der Waals surface area contributed by atoms with Crippen LogP contribution in [0.15, 0.2) is 29.3 Å². The molecule has 0 bridgehead atoms. The van der Waals surface area contributed by atoms with E-state index in [1.807, 2.05) is 0 Å². The summed E-state index contributed by atoms with van der Waals surface area (Å²) in [5.41, 5.74) is 10.1. The lowest BCUT2D eigenvalue weighted by atomic mass is 10.1.